The van der Waals surface area contributed by atoms with E-state index in [9.17, 15) is 0 Å². The maximum absolute atomic E-state index is 4.30. The molecule has 0 amide bonds. The minimum atomic E-state index is 0.828. The zero-order chi connectivity index (χ0) is 8.39. The van der Waals surface area contributed by atoms with Crippen molar-refractivity contribution in [3.8, 4) is 0 Å². The van der Waals surface area contributed by atoms with Crippen LogP contribution >= 0.6 is 0 Å². The molecule has 1 heteroatoms. The van der Waals surface area contributed by atoms with Crippen molar-refractivity contribution in [2.24, 2.45) is 4.99 Å². The lowest BCUT2D eigenvalue weighted by Crippen LogP contribution is -1.83. The Morgan fingerprint density at radius 3 is 2.75 bits per heavy atom. The summed E-state index contributed by atoms with van der Waals surface area (Å²) in [5.41, 5.74) is 3.81. The number of nitrogens with zero attached hydrogens (tertiary/aromatic N) is 1. The Bertz CT molecular complexity index is 348. The van der Waals surface area contributed by atoms with Gasteiger partial charge < -0.3 is 0 Å². The molecular formula is C11H11N. The molecule has 0 spiro atoms. The summed E-state index contributed by atoms with van der Waals surface area (Å²) in [6.45, 7) is 2.94. The molecule has 60 valence electrons. The van der Waals surface area contributed by atoms with Crippen LogP contribution in [0.4, 0.5) is 0 Å². The molecule has 0 aromatic heterocycles. The second-order valence-corrected chi connectivity index (χ2v) is 3.09. The standard InChI is InChI=1S/C11H11N/c1-9-6-10-4-2-3-5-11(10)8-12-7-9/h2-6,8H,7H2,1H3. The van der Waals surface area contributed by atoms with E-state index in [2.05, 4.69) is 36.2 Å². The predicted octanol–water partition coefficient (Wildman–Crippen LogP) is 2.52. The molecule has 1 heterocycles. The average Bonchev–Trinajstić information content (AvgIpc) is 2.25. The highest BCUT2D eigenvalue weighted by molar-refractivity contribution is 5.86. The maximum atomic E-state index is 4.30. The Labute approximate surface area is 72.5 Å². The first-order valence-electron chi connectivity index (χ1n) is 4.12. The van der Waals surface area contributed by atoms with Gasteiger partial charge in [-0.25, -0.2) is 0 Å². The topological polar surface area (TPSA) is 12.4 Å². The molecule has 0 atom stereocenters. The summed E-state index contributed by atoms with van der Waals surface area (Å²) in [6.07, 6.45) is 4.14. The van der Waals surface area contributed by atoms with Crippen molar-refractivity contribution in [1.82, 2.24) is 0 Å². The Hall–Kier alpha value is -1.37. The number of rotatable bonds is 0. The molecule has 1 aromatic rings. The van der Waals surface area contributed by atoms with Gasteiger partial charge in [0.25, 0.3) is 0 Å². The number of hydrogen-bond donors (Lipinski definition) is 0. The highest BCUT2D eigenvalue weighted by Crippen LogP contribution is 2.14. The number of hydrogen-bond acceptors (Lipinski definition) is 1. The van der Waals surface area contributed by atoms with Crippen LogP contribution in [0, 0.1) is 0 Å². The van der Waals surface area contributed by atoms with Crippen molar-refractivity contribution in [1.29, 1.82) is 0 Å². The number of fused-ring (bicyclic) bond motifs is 1. The van der Waals surface area contributed by atoms with Crippen molar-refractivity contribution in [2.45, 2.75) is 6.92 Å². The second-order valence-electron chi connectivity index (χ2n) is 3.09. The summed E-state index contributed by atoms with van der Waals surface area (Å²) in [4.78, 5) is 4.30. The molecule has 0 N–H and O–H groups in total. The molecule has 0 unspecified atom stereocenters. The van der Waals surface area contributed by atoms with E-state index in [1.165, 1.54) is 16.7 Å². The van der Waals surface area contributed by atoms with Gasteiger partial charge in [0.1, 0.15) is 0 Å². The monoisotopic (exact) mass is 157 g/mol. The molecule has 1 aromatic carbocycles. The van der Waals surface area contributed by atoms with Gasteiger partial charge in [0.15, 0.2) is 0 Å². The van der Waals surface area contributed by atoms with Gasteiger partial charge in [0.05, 0.1) is 6.54 Å². The fourth-order valence-corrected chi connectivity index (χ4v) is 1.36. The Balaban J connectivity index is 2.58. The molecule has 2 rings (SSSR count). The van der Waals surface area contributed by atoms with Crippen LogP contribution in [0.1, 0.15) is 18.1 Å². The molecule has 0 saturated heterocycles. The molecular weight excluding hydrogens is 146 g/mol. The Morgan fingerprint density at radius 2 is 1.92 bits per heavy atom. The average molecular weight is 157 g/mol. The van der Waals surface area contributed by atoms with Crippen LogP contribution in [0.2, 0.25) is 0 Å². The van der Waals surface area contributed by atoms with E-state index < -0.39 is 0 Å². The number of benzene rings is 1. The summed E-state index contributed by atoms with van der Waals surface area (Å²) in [7, 11) is 0. The fraction of sp³-hybridized carbons (Fsp3) is 0.182. The van der Waals surface area contributed by atoms with Crippen molar-refractivity contribution in [3.63, 3.8) is 0 Å². The molecule has 0 saturated carbocycles. The van der Waals surface area contributed by atoms with E-state index in [0.717, 1.165) is 6.54 Å². The summed E-state index contributed by atoms with van der Waals surface area (Å²) in [5, 5.41) is 0. The molecule has 0 aliphatic carbocycles. The zero-order valence-electron chi connectivity index (χ0n) is 7.12. The molecule has 0 bridgehead atoms. The lowest BCUT2D eigenvalue weighted by Gasteiger charge is -1.97. The summed E-state index contributed by atoms with van der Waals surface area (Å²) in [6, 6.07) is 8.31. The summed E-state index contributed by atoms with van der Waals surface area (Å²) < 4.78 is 0. The van der Waals surface area contributed by atoms with Gasteiger partial charge >= 0.3 is 0 Å². The first kappa shape index (κ1) is 7.29. The highest BCUT2D eigenvalue weighted by atomic mass is 14.7. The van der Waals surface area contributed by atoms with Gasteiger partial charge in [-0.15, -0.1) is 0 Å². The normalized spacial score (nSPS) is 14.9. The van der Waals surface area contributed by atoms with Gasteiger partial charge in [-0.2, -0.15) is 0 Å². The maximum Gasteiger partial charge on any atom is 0.0600 e. The molecule has 0 fully saturated rings. The van der Waals surface area contributed by atoms with Crippen molar-refractivity contribution in [3.05, 3.63) is 41.0 Å². The highest BCUT2D eigenvalue weighted by Gasteiger charge is 1.99. The van der Waals surface area contributed by atoms with Crippen LogP contribution in [0.15, 0.2) is 34.8 Å². The van der Waals surface area contributed by atoms with Crippen LogP contribution in [-0.4, -0.2) is 12.8 Å². The smallest absolute Gasteiger partial charge is 0.0600 e. The van der Waals surface area contributed by atoms with E-state index in [1.54, 1.807) is 0 Å². The lowest BCUT2D eigenvalue weighted by molar-refractivity contribution is 1.16. The van der Waals surface area contributed by atoms with Gasteiger partial charge in [-0.1, -0.05) is 35.9 Å². The van der Waals surface area contributed by atoms with E-state index in [-0.39, 0.29) is 0 Å². The van der Waals surface area contributed by atoms with Gasteiger partial charge in [-0.05, 0) is 18.1 Å². The van der Waals surface area contributed by atoms with Crippen LogP contribution in [0.5, 0.6) is 0 Å². The Kier molecular flexibility index (Phi) is 1.78. The predicted molar refractivity (Wildman–Crippen MR) is 52.6 cm³/mol. The van der Waals surface area contributed by atoms with Crippen molar-refractivity contribution in [2.75, 3.05) is 6.54 Å². The first-order chi connectivity index (χ1) is 5.86. The van der Waals surface area contributed by atoms with E-state index >= 15 is 0 Å². The third-order valence-corrected chi connectivity index (χ3v) is 1.97. The molecule has 12 heavy (non-hydrogen) atoms. The van der Waals surface area contributed by atoms with Gasteiger partial charge in [0, 0.05) is 6.21 Å². The van der Waals surface area contributed by atoms with Crippen LogP contribution in [0.3, 0.4) is 0 Å². The van der Waals surface area contributed by atoms with E-state index in [1.807, 2.05) is 12.3 Å². The zero-order valence-corrected chi connectivity index (χ0v) is 7.12. The minimum Gasteiger partial charge on any atom is -0.288 e. The largest absolute Gasteiger partial charge is 0.288 e. The molecule has 1 nitrogen and oxygen atoms in total. The molecule has 1 aliphatic heterocycles. The molecule has 1 aliphatic rings. The van der Waals surface area contributed by atoms with Gasteiger partial charge in [0.2, 0.25) is 0 Å². The van der Waals surface area contributed by atoms with E-state index in [0.29, 0.717) is 0 Å². The van der Waals surface area contributed by atoms with Crippen LogP contribution in [-0.2, 0) is 0 Å². The van der Waals surface area contributed by atoms with Crippen LogP contribution in [0.25, 0.3) is 6.08 Å². The van der Waals surface area contributed by atoms with Crippen molar-refractivity contribution < 1.29 is 0 Å². The SMILES string of the molecule is CC1=Cc2ccccc2C=NC1. The third kappa shape index (κ3) is 1.30. The van der Waals surface area contributed by atoms with E-state index in [4.69, 9.17) is 0 Å². The first-order valence-corrected chi connectivity index (χ1v) is 4.12. The minimum absolute atomic E-state index is 0.828. The summed E-state index contributed by atoms with van der Waals surface area (Å²) >= 11 is 0. The summed E-state index contributed by atoms with van der Waals surface area (Å²) in [5.74, 6) is 0. The van der Waals surface area contributed by atoms with Gasteiger partial charge in [-0.3, -0.25) is 4.99 Å². The lowest BCUT2D eigenvalue weighted by atomic mass is 10.1. The second kappa shape index (κ2) is 2.94. The van der Waals surface area contributed by atoms with Crippen LogP contribution < -0.4 is 0 Å². The van der Waals surface area contributed by atoms with Crippen molar-refractivity contribution >= 4 is 12.3 Å². The quantitative estimate of drug-likeness (QED) is 0.548. The number of aliphatic imine (C=N–C) groups is 1. The Morgan fingerprint density at radius 1 is 1.17 bits per heavy atom. The third-order valence-electron chi connectivity index (χ3n) is 1.97. The molecule has 0 radical (unpaired) electrons. The fourth-order valence-electron chi connectivity index (χ4n) is 1.36.